The molecule has 0 fully saturated rings. The minimum Gasteiger partial charge on any atom is -0.459 e. The van der Waals surface area contributed by atoms with Crippen molar-refractivity contribution in [3.8, 4) is 0 Å². The van der Waals surface area contributed by atoms with Crippen molar-refractivity contribution in [2.45, 2.75) is 14.4 Å². The van der Waals surface area contributed by atoms with Crippen LogP contribution in [0, 0.1) is 0 Å². The second kappa shape index (κ2) is 8.34. The molecule has 0 spiro atoms. The zero-order valence-corrected chi connectivity index (χ0v) is 7.50. The zero-order chi connectivity index (χ0) is 8.78. The molecule has 0 atom stereocenters. The molecule has 0 aliphatic heterocycles. The predicted molar refractivity (Wildman–Crippen MR) is 46.9 cm³/mol. The fourth-order valence-corrected chi connectivity index (χ4v) is 0. The van der Waals surface area contributed by atoms with Gasteiger partial charge in [-0.05, 0) is 6.92 Å². The first-order valence-corrected chi connectivity index (χ1v) is 5.67. The molecule has 72 valence electrons. The summed E-state index contributed by atoms with van der Waals surface area (Å²) in [6, 6.07) is 0. The molecule has 0 saturated heterocycles. The molecular formula is C3H11O5S3-. The first-order chi connectivity index (χ1) is 4.29. The van der Waals surface area contributed by atoms with Crippen molar-refractivity contribution in [1.82, 2.24) is 0 Å². The van der Waals surface area contributed by atoms with E-state index in [1.165, 1.54) is 6.92 Å². The standard InChI is InChI=1S/C2H6O3S.CH4.HO2S2/c1-2-6(3,4)5;;1-4(2)3/h2H2,1H3,(H,3,4,5);1H4;(H,1,2,3)/q;;-1. The van der Waals surface area contributed by atoms with Gasteiger partial charge in [0.25, 0.3) is 10.1 Å². The van der Waals surface area contributed by atoms with Crippen LogP contribution >= 0.6 is 0 Å². The highest BCUT2D eigenvalue weighted by Gasteiger charge is 1.93. The lowest BCUT2D eigenvalue weighted by Gasteiger charge is -1.79. The fourth-order valence-electron chi connectivity index (χ4n) is 0. The summed E-state index contributed by atoms with van der Waals surface area (Å²) in [5, 5.41) is 0. The third-order valence-electron chi connectivity index (χ3n) is 0.365. The van der Waals surface area contributed by atoms with Crippen molar-refractivity contribution in [1.29, 1.82) is 0 Å². The van der Waals surface area contributed by atoms with Crippen molar-refractivity contribution in [2.75, 3.05) is 5.75 Å². The molecule has 0 radical (unpaired) electrons. The summed E-state index contributed by atoms with van der Waals surface area (Å²) < 4.78 is 43.2. The quantitative estimate of drug-likeness (QED) is 0.380. The van der Waals surface area contributed by atoms with Crippen molar-refractivity contribution in [3.63, 3.8) is 0 Å². The van der Waals surface area contributed by atoms with Crippen LogP contribution in [0.3, 0.4) is 0 Å². The highest BCUT2D eigenvalue weighted by atomic mass is 32.8. The molecule has 0 amide bonds. The summed E-state index contributed by atoms with van der Waals surface area (Å²) in [6.07, 6.45) is 0. The minimum absolute atomic E-state index is 0. The number of rotatable bonds is 1. The molecule has 0 saturated carbocycles. The van der Waals surface area contributed by atoms with Crippen LogP contribution in [0.15, 0.2) is 0 Å². The van der Waals surface area contributed by atoms with Gasteiger partial charge in [0.15, 0.2) is 0 Å². The Kier molecular flexibility index (Phi) is 13.2. The molecule has 0 aromatic carbocycles. The highest BCUT2D eigenvalue weighted by molar-refractivity contribution is 8.18. The Balaban J connectivity index is -0.000000114. The lowest BCUT2D eigenvalue weighted by molar-refractivity contribution is 0.484. The van der Waals surface area contributed by atoms with E-state index in [9.17, 15) is 8.42 Å². The topological polar surface area (TPSA) is 91.7 Å². The summed E-state index contributed by atoms with van der Waals surface area (Å²) >= 11 is 3.65. The maximum atomic E-state index is 9.56. The van der Waals surface area contributed by atoms with Gasteiger partial charge in [0, 0.05) is 0 Å². The van der Waals surface area contributed by atoms with Gasteiger partial charge in [0.1, 0.15) is 0 Å². The van der Waals surface area contributed by atoms with Gasteiger partial charge >= 0.3 is 0 Å². The van der Waals surface area contributed by atoms with Crippen molar-refractivity contribution in [2.24, 2.45) is 0 Å². The van der Waals surface area contributed by atoms with E-state index in [1.54, 1.807) is 0 Å². The predicted octanol–water partition coefficient (Wildman–Crippen LogP) is 0.415. The van der Waals surface area contributed by atoms with Crippen LogP contribution in [0.4, 0.5) is 0 Å². The van der Waals surface area contributed by atoms with Gasteiger partial charge in [-0.15, -0.1) is 0 Å². The monoisotopic (exact) mass is 223 g/mol. The van der Waals surface area contributed by atoms with E-state index in [0.29, 0.717) is 0 Å². The second-order valence-corrected chi connectivity index (χ2v) is 4.12. The molecule has 0 aliphatic carbocycles. The van der Waals surface area contributed by atoms with Gasteiger partial charge in [-0.2, -0.15) is 8.42 Å². The third kappa shape index (κ3) is 66.2. The van der Waals surface area contributed by atoms with Crippen molar-refractivity contribution >= 4 is 30.9 Å². The molecule has 11 heavy (non-hydrogen) atoms. The molecule has 0 heterocycles. The Hall–Kier alpha value is 0.240. The van der Waals surface area contributed by atoms with Crippen molar-refractivity contribution < 1.29 is 21.7 Å². The Labute approximate surface area is 73.1 Å². The number of hydrogen-bond donors (Lipinski definition) is 2. The molecule has 0 aromatic rings. The average Bonchev–Trinajstić information content (AvgIpc) is 1.63. The summed E-state index contributed by atoms with van der Waals surface area (Å²) in [5.74, 6) is -0.201. The fraction of sp³-hybridized carbons (Fsp3) is 1.00. The Morgan fingerprint density at radius 2 is 1.64 bits per heavy atom. The van der Waals surface area contributed by atoms with E-state index >= 15 is 0 Å². The van der Waals surface area contributed by atoms with E-state index in [1.807, 2.05) is 0 Å². The SMILES string of the molecule is C.CCS(=O)(=O)O.O=[S-](O)=S. The maximum absolute atomic E-state index is 9.56. The molecule has 0 aromatic heterocycles. The second-order valence-electron chi connectivity index (χ2n) is 1.09. The van der Waals surface area contributed by atoms with E-state index in [2.05, 4.69) is 11.2 Å². The van der Waals surface area contributed by atoms with Crippen molar-refractivity contribution in [3.05, 3.63) is 0 Å². The van der Waals surface area contributed by atoms with Crippen LogP contribution in [-0.2, 0) is 35.2 Å². The Morgan fingerprint density at radius 3 is 1.64 bits per heavy atom. The van der Waals surface area contributed by atoms with Crippen LogP contribution in [-0.4, -0.2) is 23.3 Å². The maximum Gasteiger partial charge on any atom is 0.264 e. The van der Waals surface area contributed by atoms with Crippen LogP contribution < -0.4 is 0 Å². The number of hydrogen-bond acceptors (Lipinski definition) is 5. The van der Waals surface area contributed by atoms with Crippen LogP contribution in [0.2, 0.25) is 0 Å². The molecule has 5 nitrogen and oxygen atoms in total. The molecule has 0 bridgehead atoms. The van der Waals surface area contributed by atoms with E-state index in [0.717, 1.165) is 0 Å². The molecule has 0 unspecified atom stereocenters. The summed E-state index contributed by atoms with van der Waals surface area (Å²) in [7, 11) is -5.69. The van der Waals surface area contributed by atoms with E-state index < -0.39 is 19.8 Å². The molecule has 8 heteroatoms. The van der Waals surface area contributed by atoms with Gasteiger partial charge in [-0.25, -0.2) is 11.2 Å². The summed E-state index contributed by atoms with van der Waals surface area (Å²) in [5.41, 5.74) is 0. The molecule has 0 aliphatic rings. The van der Waals surface area contributed by atoms with Crippen LogP contribution in [0.1, 0.15) is 14.4 Å². The Bertz CT molecular complexity index is 217. The first-order valence-electron chi connectivity index (χ1n) is 2.03. The lowest BCUT2D eigenvalue weighted by Crippen LogP contribution is -1.97. The average molecular weight is 223 g/mol. The van der Waals surface area contributed by atoms with Gasteiger partial charge < -0.3 is 8.76 Å². The minimum atomic E-state index is -3.66. The highest BCUT2D eigenvalue weighted by Crippen LogP contribution is 1.74. The van der Waals surface area contributed by atoms with Crippen LogP contribution in [0.25, 0.3) is 0 Å². The van der Waals surface area contributed by atoms with E-state index in [4.69, 9.17) is 13.3 Å². The van der Waals surface area contributed by atoms with Gasteiger partial charge in [-0.3, -0.25) is 4.55 Å². The third-order valence-corrected chi connectivity index (χ3v) is 1.09. The molecule has 2 N–H and O–H groups in total. The Morgan fingerprint density at radius 1 is 1.55 bits per heavy atom. The molecule has 0 rings (SSSR count). The lowest BCUT2D eigenvalue weighted by atomic mass is 11.0. The summed E-state index contributed by atoms with van der Waals surface area (Å²) in [6.45, 7) is 1.37. The zero-order valence-electron chi connectivity index (χ0n) is 5.05. The summed E-state index contributed by atoms with van der Waals surface area (Å²) in [4.78, 5) is 0. The largest absolute Gasteiger partial charge is 0.459 e. The molecular weight excluding hydrogens is 212 g/mol. The van der Waals surface area contributed by atoms with Crippen LogP contribution in [0.5, 0.6) is 0 Å². The van der Waals surface area contributed by atoms with Gasteiger partial charge in [0.2, 0.25) is 0 Å². The first kappa shape index (κ1) is 17.4. The van der Waals surface area contributed by atoms with E-state index in [-0.39, 0.29) is 13.2 Å². The van der Waals surface area contributed by atoms with Gasteiger partial charge in [-0.1, -0.05) is 17.1 Å². The normalized spacial score (nSPS) is 9.45. The van der Waals surface area contributed by atoms with Gasteiger partial charge in [0.05, 0.1) is 5.75 Å². The smallest absolute Gasteiger partial charge is 0.264 e.